The number of hydrogen-bond donors (Lipinski definition) is 0. The third kappa shape index (κ3) is 8.75. The molecule has 0 bridgehead atoms. The first-order valence-electron chi connectivity index (χ1n) is 15.8. The predicted molar refractivity (Wildman–Crippen MR) is 174 cm³/mol. The minimum absolute atomic E-state index is 0.109. The van der Waals surface area contributed by atoms with Crippen LogP contribution in [0.4, 0.5) is 11.4 Å². The van der Waals surface area contributed by atoms with E-state index in [1.54, 1.807) is 0 Å². The highest BCUT2D eigenvalue weighted by molar-refractivity contribution is 6.34. The summed E-state index contributed by atoms with van der Waals surface area (Å²) in [5, 5.41) is 0.880. The predicted octanol–water partition coefficient (Wildman–Crippen LogP) is 8.21. The van der Waals surface area contributed by atoms with Crippen LogP contribution < -0.4 is 14.5 Å². The van der Waals surface area contributed by atoms with Crippen LogP contribution in [0.1, 0.15) is 82.8 Å². The van der Waals surface area contributed by atoms with E-state index in [0.29, 0.717) is 13.0 Å². The van der Waals surface area contributed by atoms with Crippen molar-refractivity contribution in [3.05, 3.63) is 64.7 Å². The van der Waals surface area contributed by atoms with Crippen LogP contribution in [-0.4, -0.2) is 56.2 Å². The molecule has 1 fully saturated rings. The molecule has 0 aliphatic carbocycles. The summed E-state index contributed by atoms with van der Waals surface area (Å²) < 4.78 is 6.18. The van der Waals surface area contributed by atoms with Gasteiger partial charge in [0.1, 0.15) is 5.75 Å². The second-order valence-corrected chi connectivity index (χ2v) is 12.3. The smallest absolute Gasteiger partial charge is 0.227 e. The quantitative estimate of drug-likeness (QED) is 0.157. The van der Waals surface area contributed by atoms with Crippen LogP contribution >= 0.6 is 11.6 Å². The third-order valence-electron chi connectivity index (χ3n) is 8.62. The first-order chi connectivity index (χ1) is 19.9. The summed E-state index contributed by atoms with van der Waals surface area (Å²) in [6, 6.07) is 12.7. The van der Waals surface area contributed by atoms with Gasteiger partial charge in [0.25, 0.3) is 0 Å². The number of halogens is 1. The zero-order valence-electron chi connectivity index (χ0n) is 25.6. The molecule has 1 amide bonds. The molecule has 0 radical (unpaired) electrons. The molecule has 1 saturated heterocycles. The van der Waals surface area contributed by atoms with Crippen LogP contribution in [0, 0.1) is 6.92 Å². The number of unbranched alkanes of at least 4 members (excludes halogenated alkanes) is 4. The van der Waals surface area contributed by atoms with Crippen molar-refractivity contribution in [2.24, 2.45) is 0 Å². The van der Waals surface area contributed by atoms with Gasteiger partial charge in [0, 0.05) is 44.7 Å². The lowest BCUT2D eigenvalue weighted by atomic mass is 9.96. The number of ether oxygens (including phenoxy) is 1. The number of nitrogens with zero attached hydrogens (tertiary/aromatic N) is 3. The summed E-state index contributed by atoms with van der Waals surface area (Å²) in [5.74, 6) is 1.07. The fraction of sp³-hybridized carbons (Fsp3) is 0.571. The lowest BCUT2D eigenvalue weighted by molar-refractivity contribution is -0.119. The Morgan fingerprint density at radius 2 is 1.80 bits per heavy atom. The minimum Gasteiger partial charge on any atom is -0.494 e. The van der Waals surface area contributed by atoms with Crippen molar-refractivity contribution in [3.63, 3.8) is 0 Å². The molecular formula is C35H50ClN3O2. The summed E-state index contributed by atoms with van der Waals surface area (Å²) in [6.45, 7) is 16.7. The number of fused-ring (bicyclic) bond motifs is 1. The van der Waals surface area contributed by atoms with E-state index < -0.39 is 0 Å². The molecule has 224 valence electrons. The van der Waals surface area contributed by atoms with Crippen molar-refractivity contribution in [1.29, 1.82) is 0 Å². The monoisotopic (exact) mass is 579 g/mol. The van der Waals surface area contributed by atoms with E-state index in [2.05, 4.69) is 73.5 Å². The van der Waals surface area contributed by atoms with E-state index in [0.717, 1.165) is 92.5 Å². The third-order valence-corrected chi connectivity index (χ3v) is 9.12. The molecule has 1 unspecified atom stereocenters. The highest BCUT2D eigenvalue weighted by Crippen LogP contribution is 2.35. The molecule has 2 aromatic carbocycles. The maximum Gasteiger partial charge on any atom is 0.227 e. The van der Waals surface area contributed by atoms with Crippen LogP contribution in [0.15, 0.2) is 48.6 Å². The summed E-state index contributed by atoms with van der Waals surface area (Å²) in [5.41, 5.74) is 5.81. The van der Waals surface area contributed by atoms with Crippen molar-refractivity contribution in [2.75, 3.05) is 49.1 Å². The topological polar surface area (TPSA) is 36.0 Å². The Bertz CT molecular complexity index is 1160. The molecule has 4 rings (SSSR count). The summed E-state index contributed by atoms with van der Waals surface area (Å²) in [4.78, 5) is 20.0. The average molecular weight is 580 g/mol. The number of amides is 1. The molecule has 5 nitrogen and oxygen atoms in total. The molecule has 41 heavy (non-hydrogen) atoms. The summed E-state index contributed by atoms with van der Waals surface area (Å²) in [7, 11) is 0. The molecule has 2 heterocycles. The maximum absolute atomic E-state index is 13.0. The zero-order valence-corrected chi connectivity index (χ0v) is 26.4. The van der Waals surface area contributed by atoms with Crippen LogP contribution in [0.2, 0.25) is 5.02 Å². The molecule has 2 aliphatic heterocycles. The van der Waals surface area contributed by atoms with Gasteiger partial charge in [0.05, 0.1) is 23.0 Å². The van der Waals surface area contributed by atoms with Crippen molar-refractivity contribution < 1.29 is 9.53 Å². The Labute approximate surface area is 253 Å². The number of carbonyl (C=O) groups is 1. The summed E-state index contributed by atoms with van der Waals surface area (Å²) in [6.07, 6.45) is 10.4. The average Bonchev–Trinajstić information content (AvgIpc) is 2.97. The Morgan fingerprint density at radius 1 is 1.00 bits per heavy atom. The van der Waals surface area contributed by atoms with E-state index in [-0.39, 0.29) is 11.9 Å². The number of carbonyl (C=O) groups excluding carboxylic acids is 1. The molecule has 0 aromatic heterocycles. The van der Waals surface area contributed by atoms with Gasteiger partial charge in [-0.2, -0.15) is 0 Å². The lowest BCUT2D eigenvalue weighted by Crippen LogP contribution is -2.46. The van der Waals surface area contributed by atoms with Gasteiger partial charge in [-0.25, -0.2) is 0 Å². The SMILES string of the molecule is C=C(CCCCCC)CC(C)N1C(=O)CCc2ccc(OCCCCN3CCN(c4cccc(C)c4Cl)CC3)cc21. The second-order valence-electron chi connectivity index (χ2n) is 12.0. The van der Waals surface area contributed by atoms with E-state index >= 15 is 0 Å². The fourth-order valence-electron chi connectivity index (χ4n) is 6.18. The number of aryl methyl sites for hydroxylation is 2. The van der Waals surface area contributed by atoms with Gasteiger partial charge in [0.15, 0.2) is 0 Å². The molecule has 6 heteroatoms. The van der Waals surface area contributed by atoms with E-state index in [9.17, 15) is 4.79 Å². The molecule has 0 spiro atoms. The van der Waals surface area contributed by atoms with Crippen molar-refractivity contribution in [1.82, 2.24) is 4.90 Å². The Kier molecular flexibility index (Phi) is 12.0. The Balaban J connectivity index is 1.21. The van der Waals surface area contributed by atoms with Crippen LogP contribution in [-0.2, 0) is 11.2 Å². The lowest BCUT2D eigenvalue weighted by Gasteiger charge is -2.36. The normalized spacial score (nSPS) is 16.5. The van der Waals surface area contributed by atoms with Gasteiger partial charge in [0.2, 0.25) is 5.91 Å². The van der Waals surface area contributed by atoms with Gasteiger partial charge in [-0.15, -0.1) is 0 Å². The molecule has 2 aliphatic rings. The molecule has 0 saturated carbocycles. The Hall–Kier alpha value is -2.50. The minimum atomic E-state index is 0.109. The van der Waals surface area contributed by atoms with Gasteiger partial charge in [-0.3, -0.25) is 9.69 Å². The highest BCUT2D eigenvalue weighted by Gasteiger charge is 2.29. The second kappa shape index (κ2) is 15.7. The van der Waals surface area contributed by atoms with E-state index in [4.69, 9.17) is 16.3 Å². The van der Waals surface area contributed by atoms with Crippen molar-refractivity contribution in [2.45, 2.75) is 91.0 Å². The van der Waals surface area contributed by atoms with E-state index in [1.165, 1.54) is 36.8 Å². The molecule has 1 atom stereocenters. The van der Waals surface area contributed by atoms with Gasteiger partial charge >= 0.3 is 0 Å². The van der Waals surface area contributed by atoms with Gasteiger partial charge in [-0.05, 0) is 82.2 Å². The first-order valence-corrected chi connectivity index (χ1v) is 16.2. The number of benzene rings is 2. The maximum atomic E-state index is 13.0. The van der Waals surface area contributed by atoms with Crippen LogP contribution in [0.25, 0.3) is 0 Å². The summed E-state index contributed by atoms with van der Waals surface area (Å²) >= 11 is 6.55. The highest BCUT2D eigenvalue weighted by atomic mass is 35.5. The van der Waals surface area contributed by atoms with Gasteiger partial charge < -0.3 is 14.5 Å². The van der Waals surface area contributed by atoms with Crippen LogP contribution in [0.5, 0.6) is 5.75 Å². The van der Waals surface area contributed by atoms with Crippen molar-refractivity contribution in [3.8, 4) is 5.75 Å². The number of piperazine rings is 1. The number of hydrogen-bond acceptors (Lipinski definition) is 4. The fourth-order valence-corrected chi connectivity index (χ4v) is 6.42. The molecule has 0 N–H and O–H groups in total. The number of rotatable bonds is 15. The zero-order chi connectivity index (χ0) is 29.2. The van der Waals surface area contributed by atoms with Crippen LogP contribution in [0.3, 0.4) is 0 Å². The standard InChI is InChI=1S/C35H50ClN3O2/c1-5-6-7-8-12-27(2)25-29(4)39-33-26-31(17-15-30(33)16-18-34(39)40)41-24-10-9-19-37-20-22-38(23-21-37)32-14-11-13-28(3)35(32)36/h11,13-15,17,26,29H,2,5-10,12,16,18-25H2,1,3-4H3. The number of anilines is 2. The van der Waals surface area contributed by atoms with Gasteiger partial charge in [-0.1, -0.05) is 68.1 Å². The Morgan fingerprint density at radius 3 is 2.59 bits per heavy atom. The largest absolute Gasteiger partial charge is 0.494 e. The molecule has 2 aromatic rings. The first kappa shape index (κ1) is 31.4. The van der Waals surface area contributed by atoms with Crippen molar-refractivity contribution >= 4 is 28.9 Å². The molecular weight excluding hydrogens is 530 g/mol. The van der Waals surface area contributed by atoms with E-state index in [1.807, 2.05) is 4.90 Å².